The van der Waals surface area contributed by atoms with Gasteiger partial charge in [-0.15, -0.1) is 0 Å². The number of carbonyl (C=O) groups excluding carboxylic acids is 1. The third kappa shape index (κ3) is 2.60. The molecule has 0 saturated carbocycles. The van der Waals surface area contributed by atoms with Crippen molar-refractivity contribution in [3.8, 4) is 0 Å². The molecular weight excluding hydrogens is 180 g/mol. The van der Waals surface area contributed by atoms with Crippen molar-refractivity contribution < 1.29 is 9.21 Å². The molecule has 0 radical (unpaired) electrons. The standard InChI is InChI=1S/C10H16N2O2/c1-10(2,7-12-9(13)6-11)8-4-3-5-14-8/h3-5H,6-7,11H2,1-2H3,(H,12,13). The largest absolute Gasteiger partial charge is 0.469 e. The number of hydrogen-bond donors (Lipinski definition) is 2. The second kappa shape index (κ2) is 4.28. The van der Waals surface area contributed by atoms with Gasteiger partial charge in [-0.05, 0) is 12.1 Å². The number of amides is 1. The number of rotatable bonds is 4. The van der Waals surface area contributed by atoms with Crippen LogP contribution >= 0.6 is 0 Å². The van der Waals surface area contributed by atoms with Crippen molar-refractivity contribution in [2.75, 3.05) is 13.1 Å². The first-order chi connectivity index (χ1) is 6.56. The fraction of sp³-hybridized carbons (Fsp3) is 0.500. The molecule has 0 atom stereocenters. The zero-order chi connectivity index (χ0) is 10.6. The zero-order valence-electron chi connectivity index (χ0n) is 8.54. The lowest BCUT2D eigenvalue weighted by atomic mass is 9.90. The Labute approximate surface area is 83.5 Å². The number of nitrogens with two attached hydrogens (primary N) is 1. The van der Waals surface area contributed by atoms with Gasteiger partial charge in [0.15, 0.2) is 0 Å². The minimum absolute atomic E-state index is 0.0221. The molecule has 1 rings (SSSR count). The van der Waals surface area contributed by atoms with Gasteiger partial charge in [-0.25, -0.2) is 0 Å². The molecule has 0 fully saturated rings. The van der Waals surface area contributed by atoms with Crippen LogP contribution in [-0.2, 0) is 10.2 Å². The number of nitrogens with one attached hydrogen (secondary N) is 1. The van der Waals surface area contributed by atoms with Crippen molar-refractivity contribution >= 4 is 5.91 Å². The van der Waals surface area contributed by atoms with Crippen LogP contribution in [0.25, 0.3) is 0 Å². The Bertz CT molecular complexity index is 291. The van der Waals surface area contributed by atoms with Gasteiger partial charge in [0.25, 0.3) is 0 Å². The topological polar surface area (TPSA) is 68.3 Å². The number of carbonyl (C=O) groups is 1. The van der Waals surface area contributed by atoms with Crippen LogP contribution < -0.4 is 11.1 Å². The Hall–Kier alpha value is -1.29. The van der Waals surface area contributed by atoms with Gasteiger partial charge in [0.1, 0.15) is 5.76 Å². The highest BCUT2D eigenvalue weighted by Gasteiger charge is 2.23. The maximum Gasteiger partial charge on any atom is 0.233 e. The van der Waals surface area contributed by atoms with Gasteiger partial charge in [0.05, 0.1) is 12.8 Å². The molecule has 0 aliphatic heterocycles. The molecular formula is C10H16N2O2. The highest BCUT2D eigenvalue weighted by Crippen LogP contribution is 2.22. The Balaban J connectivity index is 2.54. The molecule has 78 valence electrons. The summed E-state index contributed by atoms with van der Waals surface area (Å²) in [5, 5.41) is 2.74. The quantitative estimate of drug-likeness (QED) is 0.742. The monoisotopic (exact) mass is 196 g/mol. The summed E-state index contributed by atoms with van der Waals surface area (Å²) < 4.78 is 5.28. The molecule has 0 spiro atoms. The number of furan rings is 1. The first kappa shape index (κ1) is 10.8. The summed E-state index contributed by atoms with van der Waals surface area (Å²) in [6, 6.07) is 3.73. The smallest absolute Gasteiger partial charge is 0.233 e. The van der Waals surface area contributed by atoms with E-state index in [-0.39, 0.29) is 17.9 Å². The molecule has 1 aromatic heterocycles. The van der Waals surface area contributed by atoms with Gasteiger partial charge in [0.2, 0.25) is 5.91 Å². The predicted molar refractivity (Wildman–Crippen MR) is 53.8 cm³/mol. The highest BCUT2D eigenvalue weighted by atomic mass is 16.3. The average Bonchev–Trinajstić information content (AvgIpc) is 2.67. The van der Waals surface area contributed by atoms with E-state index in [0.29, 0.717) is 6.54 Å². The molecule has 1 aromatic rings. The molecule has 4 heteroatoms. The summed E-state index contributed by atoms with van der Waals surface area (Å²) >= 11 is 0. The van der Waals surface area contributed by atoms with E-state index in [9.17, 15) is 4.79 Å². The van der Waals surface area contributed by atoms with Crippen molar-refractivity contribution in [3.05, 3.63) is 24.2 Å². The van der Waals surface area contributed by atoms with Crippen LogP contribution in [0.15, 0.2) is 22.8 Å². The summed E-state index contributed by atoms with van der Waals surface area (Å²) in [6.07, 6.45) is 1.63. The lowest BCUT2D eigenvalue weighted by Crippen LogP contribution is -2.39. The van der Waals surface area contributed by atoms with Gasteiger partial charge in [-0.1, -0.05) is 13.8 Å². The molecule has 0 saturated heterocycles. The van der Waals surface area contributed by atoms with Crippen LogP contribution in [0.2, 0.25) is 0 Å². The first-order valence-corrected chi connectivity index (χ1v) is 4.57. The maximum absolute atomic E-state index is 11.0. The fourth-order valence-electron chi connectivity index (χ4n) is 1.14. The van der Waals surface area contributed by atoms with E-state index in [0.717, 1.165) is 5.76 Å². The summed E-state index contributed by atoms with van der Waals surface area (Å²) in [5.41, 5.74) is 4.98. The summed E-state index contributed by atoms with van der Waals surface area (Å²) in [6.45, 7) is 4.55. The molecule has 0 bridgehead atoms. The lowest BCUT2D eigenvalue weighted by Gasteiger charge is -2.22. The zero-order valence-corrected chi connectivity index (χ0v) is 8.54. The lowest BCUT2D eigenvalue weighted by molar-refractivity contribution is -0.119. The van der Waals surface area contributed by atoms with Crippen molar-refractivity contribution in [1.29, 1.82) is 0 Å². The van der Waals surface area contributed by atoms with E-state index in [4.69, 9.17) is 10.2 Å². The second-order valence-electron chi connectivity index (χ2n) is 3.84. The molecule has 0 aromatic carbocycles. The van der Waals surface area contributed by atoms with E-state index in [1.807, 2.05) is 26.0 Å². The van der Waals surface area contributed by atoms with E-state index >= 15 is 0 Å². The van der Waals surface area contributed by atoms with Crippen molar-refractivity contribution in [3.63, 3.8) is 0 Å². The molecule has 4 nitrogen and oxygen atoms in total. The van der Waals surface area contributed by atoms with Gasteiger partial charge >= 0.3 is 0 Å². The summed E-state index contributed by atoms with van der Waals surface area (Å²) in [4.78, 5) is 11.0. The van der Waals surface area contributed by atoms with Gasteiger partial charge in [-0.3, -0.25) is 4.79 Å². The van der Waals surface area contributed by atoms with Crippen LogP contribution in [0.1, 0.15) is 19.6 Å². The molecule has 1 amide bonds. The molecule has 0 unspecified atom stereocenters. The van der Waals surface area contributed by atoms with Gasteiger partial charge < -0.3 is 15.5 Å². The average molecular weight is 196 g/mol. The first-order valence-electron chi connectivity index (χ1n) is 4.57. The maximum atomic E-state index is 11.0. The Morgan fingerprint density at radius 2 is 2.36 bits per heavy atom. The van der Waals surface area contributed by atoms with Crippen LogP contribution in [-0.4, -0.2) is 19.0 Å². The third-order valence-electron chi connectivity index (χ3n) is 2.10. The van der Waals surface area contributed by atoms with Crippen LogP contribution in [0.5, 0.6) is 0 Å². The minimum Gasteiger partial charge on any atom is -0.469 e. The minimum atomic E-state index is -0.200. The van der Waals surface area contributed by atoms with E-state index < -0.39 is 0 Å². The third-order valence-corrected chi connectivity index (χ3v) is 2.10. The molecule has 14 heavy (non-hydrogen) atoms. The molecule has 0 aliphatic carbocycles. The second-order valence-corrected chi connectivity index (χ2v) is 3.84. The Morgan fingerprint density at radius 3 is 2.86 bits per heavy atom. The van der Waals surface area contributed by atoms with Crippen molar-refractivity contribution in [1.82, 2.24) is 5.32 Å². The normalized spacial score (nSPS) is 11.4. The van der Waals surface area contributed by atoms with Crippen molar-refractivity contribution in [2.24, 2.45) is 5.73 Å². The van der Waals surface area contributed by atoms with Gasteiger partial charge in [0, 0.05) is 12.0 Å². The molecule has 3 N–H and O–H groups in total. The predicted octanol–water partition coefficient (Wildman–Crippen LogP) is 0.632. The highest BCUT2D eigenvalue weighted by molar-refractivity contribution is 5.77. The van der Waals surface area contributed by atoms with E-state index in [1.54, 1.807) is 6.26 Å². The van der Waals surface area contributed by atoms with E-state index in [1.165, 1.54) is 0 Å². The fourth-order valence-corrected chi connectivity index (χ4v) is 1.14. The SMILES string of the molecule is CC(C)(CNC(=O)CN)c1ccco1. The Kier molecular flexibility index (Phi) is 3.30. The van der Waals surface area contributed by atoms with Gasteiger partial charge in [-0.2, -0.15) is 0 Å². The van der Waals surface area contributed by atoms with Crippen LogP contribution in [0.3, 0.4) is 0 Å². The van der Waals surface area contributed by atoms with Crippen LogP contribution in [0, 0.1) is 0 Å². The van der Waals surface area contributed by atoms with E-state index in [2.05, 4.69) is 5.32 Å². The summed E-state index contributed by atoms with van der Waals surface area (Å²) in [5.74, 6) is 0.708. The Morgan fingerprint density at radius 1 is 1.64 bits per heavy atom. The van der Waals surface area contributed by atoms with Crippen LogP contribution in [0.4, 0.5) is 0 Å². The summed E-state index contributed by atoms with van der Waals surface area (Å²) in [7, 11) is 0. The van der Waals surface area contributed by atoms with Crippen molar-refractivity contribution in [2.45, 2.75) is 19.3 Å². The number of hydrogen-bond acceptors (Lipinski definition) is 3. The molecule has 0 aliphatic rings. The molecule has 1 heterocycles.